The highest BCUT2D eigenvalue weighted by atomic mass is 15.1. The van der Waals surface area contributed by atoms with Crippen molar-refractivity contribution < 1.29 is 0 Å². The molecule has 0 aliphatic carbocycles. The summed E-state index contributed by atoms with van der Waals surface area (Å²) in [6.07, 6.45) is 3.67. The fourth-order valence-corrected chi connectivity index (χ4v) is 1.04. The molecule has 0 bridgehead atoms. The number of nitriles is 1. The summed E-state index contributed by atoms with van der Waals surface area (Å²) in [5.41, 5.74) is 9.81. The van der Waals surface area contributed by atoms with Gasteiger partial charge in [0.15, 0.2) is 0 Å². The Kier molecular flexibility index (Phi) is 3.96. The van der Waals surface area contributed by atoms with E-state index in [1.165, 1.54) is 0 Å². The van der Waals surface area contributed by atoms with Gasteiger partial charge in [0.2, 0.25) is 0 Å². The summed E-state index contributed by atoms with van der Waals surface area (Å²) in [4.78, 5) is 2.71. The van der Waals surface area contributed by atoms with Gasteiger partial charge >= 0.3 is 0 Å². The van der Waals surface area contributed by atoms with Crippen molar-refractivity contribution in [1.29, 1.82) is 5.26 Å². The molecule has 1 unspecified atom stereocenters. The largest absolute Gasteiger partial charge is 0.192 e. The van der Waals surface area contributed by atoms with Gasteiger partial charge in [-0.15, -0.1) is 0 Å². The molecule has 1 atom stereocenters. The van der Waals surface area contributed by atoms with Gasteiger partial charge < -0.3 is 0 Å². The van der Waals surface area contributed by atoms with Gasteiger partial charge in [-0.25, -0.2) is 0 Å². The van der Waals surface area contributed by atoms with E-state index in [2.05, 4.69) is 10.0 Å². The Morgan fingerprint density at radius 2 is 2.13 bits per heavy atom. The lowest BCUT2D eigenvalue weighted by molar-refractivity contribution is 0.915. The lowest BCUT2D eigenvalue weighted by Gasteiger charge is -1.95. The molecule has 1 rings (SSSR count). The maximum Gasteiger partial charge on any atom is 0.0991 e. The molecule has 0 radical (unpaired) electrons. The summed E-state index contributed by atoms with van der Waals surface area (Å²) in [6.45, 7) is 1.81. The molecule has 0 aliphatic rings. The molecule has 0 saturated carbocycles. The van der Waals surface area contributed by atoms with E-state index in [4.69, 9.17) is 10.8 Å². The number of azide groups is 1. The Bertz CT molecular complexity index is 433. The molecule has 74 valence electrons. The zero-order valence-electron chi connectivity index (χ0n) is 8.33. The second-order valence-corrected chi connectivity index (χ2v) is 3.04. The zero-order chi connectivity index (χ0) is 11.1. The Morgan fingerprint density at radius 1 is 1.47 bits per heavy atom. The molecular formula is C11H10N4. The van der Waals surface area contributed by atoms with Crippen molar-refractivity contribution in [2.45, 2.75) is 13.0 Å². The molecule has 0 aromatic heterocycles. The van der Waals surface area contributed by atoms with E-state index in [1.807, 2.05) is 24.3 Å². The van der Waals surface area contributed by atoms with Gasteiger partial charge in [0, 0.05) is 4.91 Å². The molecule has 0 N–H and O–H groups in total. The van der Waals surface area contributed by atoms with Gasteiger partial charge in [0.1, 0.15) is 0 Å². The Morgan fingerprint density at radius 3 is 2.67 bits per heavy atom. The zero-order valence-corrected chi connectivity index (χ0v) is 8.33. The maximum atomic E-state index is 8.59. The van der Waals surface area contributed by atoms with Gasteiger partial charge in [-0.1, -0.05) is 36.3 Å². The minimum Gasteiger partial charge on any atom is -0.192 e. The third-order valence-electron chi connectivity index (χ3n) is 1.84. The lowest BCUT2D eigenvalue weighted by atomic mass is 10.1. The Labute approximate surface area is 88.1 Å². The van der Waals surface area contributed by atoms with Gasteiger partial charge in [-0.2, -0.15) is 5.26 Å². The van der Waals surface area contributed by atoms with Crippen molar-refractivity contribution in [2.24, 2.45) is 5.11 Å². The van der Waals surface area contributed by atoms with E-state index in [0.717, 1.165) is 5.56 Å². The van der Waals surface area contributed by atoms with E-state index >= 15 is 0 Å². The fraction of sp³-hybridized carbons (Fsp3) is 0.182. The van der Waals surface area contributed by atoms with Crippen molar-refractivity contribution in [2.75, 3.05) is 0 Å². The topological polar surface area (TPSA) is 72.5 Å². The summed E-state index contributed by atoms with van der Waals surface area (Å²) < 4.78 is 0. The van der Waals surface area contributed by atoms with Crippen molar-refractivity contribution in [3.8, 4) is 6.07 Å². The third-order valence-corrected chi connectivity index (χ3v) is 1.84. The highest BCUT2D eigenvalue weighted by molar-refractivity contribution is 5.51. The van der Waals surface area contributed by atoms with Crippen LogP contribution in [0.1, 0.15) is 18.1 Å². The summed E-state index contributed by atoms with van der Waals surface area (Å²) in [6, 6.07) is 9.07. The molecule has 15 heavy (non-hydrogen) atoms. The van der Waals surface area contributed by atoms with Crippen molar-refractivity contribution in [1.82, 2.24) is 0 Å². The van der Waals surface area contributed by atoms with Crippen molar-refractivity contribution in [3.05, 3.63) is 51.9 Å². The highest BCUT2D eigenvalue weighted by Gasteiger charge is 1.92. The average Bonchev–Trinajstić information content (AvgIpc) is 2.27. The monoisotopic (exact) mass is 198 g/mol. The lowest BCUT2D eigenvalue weighted by Crippen LogP contribution is -1.87. The predicted molar refractivity (Wildman–Crippen MR) is 58.8 cm³/mol. The van der Waals surface area contributed by atoms with Crippen LogP contribution in [-0.2, 0) is 0 Å². The van der Waals surface area contributed by atoms with Crippen LogP contribution in [0.2, 0.25) is 0 Å². The van der Waals surface area contributed by atoms with Crippen LogP contribution in [0.15, 0.2) is 35.5 Å². The first-order valence-electron chi connectivity index (χ1n) is 4.49. The maximum absolute atomic E-state index is 8.59. The number of hydrogen-bond donors (Lipinski definition) is 0. The standard InChI is InChI=1S/C11H10N4/c1-9(14-15-13)2-3-10-4-6-11(8-12)7-5-10/h2-7,9H,1H3/b3-2+. The fourth-order valence-electron chi connectivity index (χ4n) is 1.04. The smallest absolute Gasteiger partial charge is 0.0991 e. The molecule has 1 aromatic carbocycles. The van der Waals surface area contributed by atoms with Crippen LogP contribution in [0.5, 0.6) is 0 Å². The van der Waals surface area contributed by atoms with Crippen molar-refractivity contribution >= 4 is 6.08 Å². The van der Waals surface area contributed by atoms with Gasteiger partial charge in [-0.05, 0) is 23.2 Å². The van der Waals surface area contributed by atoms with E-state index in [0.29, 0.717) is 5.56 Å². The molecule has 0 heterocycles. The Hall–Kier alpha value is -2.24. The quantitative estimate of drug-likeness (QED) is 0.417. The van der Waals surface area contributed by atoms with Crippen molar-refractivity contribution in [3.63, 3.8) is 0 Å². The number of benzene rings is 1. The molecule has 0 amide bonds. The Balaban J connectivity index is 2.73. The summed E-state index contributed by atoms with van der Waals surface area (Å²) in [5, 5.41) is 12.1. The molecule has 0 aliphatic heterocycles. The van der Waals surface area contributed by atoms with E-state index in [9.17, 15) is 0 Å². The SMILES string of the molecule is CC(/C=C/c1ccc(C#N)cc1)N=[N+]=[N-]. The first-order chi connectivity index (χ1) is 7.26. The van der Waals surface area contributed by atoms with Crippen LogP contribution in [0.4, 0.5) is 0 Å². The normalized spacial score (nSPS) is 11.7. The van der Waals surface area contributed by atoms with Crippen LogP contribution in [0, 0.1) is 11.3 Å². The van der Waals surface area contributed by atoms with E-state index in [-0.39, 0.29) is 6.04 Å². The summed E-state index contributed by atoms with van der Waals surface area (Å²) >= 11 is 0. The first kappa shape index (κ1) is 10.8. The van der Waals surface area contributed by atoms with Crippen LogP contribution < -0.4 is 0 Å². The minimum atomic E-state index is -0.161. The number of hydrogen-bond acceptors (Lipinski definition) is 2. The van der Waals surface area contributed by atoms with Gasteiger partial charge in [0.05, 0.1) is 17.7 Å². The third kappa shape index (κ3) is 3.55. The van der Waals surface area contributed by atoms with E-state index < -0.39 is 0 Å². The van der Waals surface area contributed by atoms with Gasteiger partial charge in [0.25, 0.3) is 0 Å². The average molecular weight is 198 g/mol. The number of nitrogens with zero attached hydrogens (tertiary/aromatic N) is 4. The molecule has 4 nitrogen and oxygen atoms in total. The molecule has 0 fully saturated rings. The van der Waals surface area contributed by atoms with Crippen LogP contribution >= 0.6 is 0 Å². The van der Waals surface area contributed by atoms with Gasteiger partial charge in [-0.3, -0.25) is 0 Å². The first-order valence-corrected chi connectivity index (χ1v) is 4.49. The second-order valence-electron chi connectivity index (χ2n) is 3.04. The predicted octanol–water partition coefficient (Wildman–Crippen LogP) is 3.27. The number of rotatable bonds is 3. The van der Waals surface area contributed by atoms with Crippen LogP contribution in [0.3, 0.4) is 0 Å². The van der Waals surface area contributed by atoms with Crippen LogP contribution in [-0.4, -0.2) is 6.04 Å². The molecule has 0 saturated heterocycles. The minimum absolute atomic E-state index is 0.161. The highest BCUT2D eigenvalue weighted by Crippen LogP contribution is 2.06. The summed E-state index contributed by atoms with van der Waals surface area (Å²) in [7, 11) is 0. The summed E-state index contributed by atoms with van der Waals surface area (Å²) in [5.74, 6) is 0. The second kappa shape index (κ2) is 5.48. The molecule has 4 heteroatoms. The molecular weight excluding hydrogens is 188 g/mol. The van der Waals surface area contributed by atoms with E-state index in [1.54, 1.807) is 25.1 Å². The molecule has 0 spiro atoms. The van der Waals surface area contributed by atoms with Crippen LogP contribution in [0.25, 0.3) is 16.5 Å². The molecule has 1 aromatic rings.